The average molecular weight is 377 g/mol. The predicted octanol–water partition coefficient (Wildman–Crippen LogP) is 4.48. The molecule has 2 fully saturated rings. The van der Waals surface area contributed by atoms with Gasteiger partial charge in [-0.05, 0) is 50.3 Å². The van der Waals surface area contributed by atoms with E-state index in [4.69, 9.17) is 11.6 Å². The summed E-state index contributed by atoms with van der Waals surface area (Å²) >= 11 is 5.97. The quantitative estimate of drug-likeness (QED) is 0.762. The standard InChI is InChI=1S/C21H29ClN2O2/c1-15(16-7-9-18(22)10-8-16)24(19-11-12-19)20(25)13-14-23-21(26)17-5-3-2-4-6-17/h7-10,15,17,19H,2-6,11-14H2,1H3,(H,23,26). The fraction of sp³-hybridized carbons (Fsp3) is 0.619. The Morgan fingerprint density at radius 3 is 2.38 bits per heavy atom. The van der Waals surface area contributed by atoms with Gasteiger partial charge in [0.2, 0.25) is 11.8 Å². The van der Waals surface area contributed by atoms with Gasteiger partial charge in [0.25, 0.3) is 0 Å². The van der Waals surface area contributed by atoms with Gasteiger partial charge in [-0.2, -0.15) is 0 Å². The summed E-state index contributed by atoms with van der Waals surface area (Å²) in [5, 5.41) is 3.68. The summed E-state index contributed by atoms with van der Waals surface area (Å²) in [5.41, 5.74) is 1.10. The van der Waals surface area contributed by atoms with E-state index in [2.05, 4.69) is 12.2 Å². The Morgan fingerprint density at radius 1 is 1.12 bits per heavy atom. The van der Waals surface area contributed by atoms with Crippen molar-refractivity contribution in [3.05, 3.63) is 34.9 Å². The molecule has 0 heterocycles. The molecule has 4 nitrogen and oxygen atoms in total. The third kappa shape index (κ3) is 5.00. The molecular formula is C21H29ClN2O2. The number of hydrogen-bond acceptors (Lipinski definition) is 2. The summed E-state index contributed by atoms with van der Waals surface area (Å²) in [5.74, 6) is 0.395. The zero-order valence-electron chi connectivity index (χ0n) is 15.5. The van der Waals surface area contributed by atoms with Gasteiger partial charge in [0, 0.05) is 29.9 Å². The van der Waals surface area contributed by atoms with Gasteiger partial charge in [-0.15, -0.1) is 0 Å². The van der Waals surface area contributed by atoms with E-state index in [1.807, 2.05) is 29.2 Å². The highest BCUT2D eigenvalue weighted by atomic mass is 35.5. The van der Waals surface area contributed by atoms with Crippen molar-refractivity contribution in [1.82, 2.24) is 10.2 Å². The Labute approximate surface area is 161 Å². The number of nitrogens with zero attached hydrogens (tertiary/aromatic N) is 1. The highest BCUT2D eigenvalue weighted by molar-refractivity contribution is 6.30. The van der Waals surface area contributed by atoms with Gasteiger partial charge in [0.05, 0.1) is 6.04 Å². The first-order chi connectivity index (χ1) is 12.6. The van der Waals surface area contributed by atoms with Gasteiger partial charge in [-0.25, -0.2) is 0 Å². The molecular weight excluding hydrogens is 348 g/mol. The molecule has 1 aromatic rings. The number of amides is 2. The molecule has 0 radical (unpaired) electrons. The minimum Gasteiger partial charge on any atom is -0.355 e. The second-order valence-electron chi connectivity index (χ2n) is 7.64. The van der Waals surface area contributed by atoms with Crippen LogP contribution in [-0.4, -0.2) is 29.3 Å². The zero-order chi connectivity index (χ0) is 18.5. The van der Waals surface area contributed by atoms with Crippen molar-refractivity contribution >= 4 is 23.4 Å². The lowest BCUT2D eigenvalue weighted by molar-refractivity contribution is -0.134. The fourth-order valence-electron chi connectivity index (χ4n) is 3.92. The zero-order valence-corrected chi connectivity index (χ0v) is 16.3. The van der Waals surface area contributed by atoms with Crippen LogP contribution < -0.4 is 5.32 Å². The van der Waals surface area contributed by atoms with E-state index in [9.17, 15) is 9.59 Å². The fourth-order valence-corrected chi connectivity index (χ4v) is 4.05. The second-order valence-corrected chi connectivity index (χ2v) is 8.07. The lowest BCUT2D eigenvalue weighted by Gasteiger charge is -2.30. The molecule has 2 amide bonds. The summed E-state index contributed by atoms with van der Waals surface area (Å²) in [7, 11) is 0. The van der Waals surface area contributed by atoms with Crippen molar-refractivity contribution in [2.45, 2.75) is 70.4 Å². The number of benzene rings is 1. The molecule has 0 bridgehead atoms. The van der Waals surface area contributed by atoms with Crippen LogP contribution in [0.3, 0.4) is 0 Å². The van der Waals surface area contributed by atoms with Crippen LogP contribution in [0.25, 0.3) is 0 Å². The normalized spacial score (nSPS) is 19.0. The van der Waals surface area contributed by atoms with Crippen LogP contribution >= 0.6 is 11.6 Å². The first-order valence-electron chi connectivity index (χ1n) is 9.90. The molecule has 1 atom stereocenters. The molecule has 2 saturated carbocycles. The molecule has 0 saturated heterocycles. The number of carbonyl (C=O) groups excluding carboxylic acids is 2. The molecule has 0 spiro atoms. The van der Waals surface area contributed by atoms with Gasteiger partial charge in [-0.1, -0.05) is 43.0 Å². The molecule has 5 heteroatoms. The molecule has 0 aliphatic heterocycles. The van der Waals surface area contributed by atoms with Crippen LogP contribution in [0.2, 0.25) is 5.02 Å². The Balaban J connectivity index is 1.52. The van der Waals surface area contributed by atoms with Crippen LogP contribution in [-0.2, 0) is 9.59 Å². The first kappa shape index (κ1) is 19.2. The summed E-state index contributed by atoms with van der Waals surface area (Å²) in [6.07, 6.45) is 8.00. The van der Waals surface area contributed by atoms with Crippen LogP contribution in [0.5, 0.6) is 0 Å². The highest BCUT2D eigenvalue weighted by Gasteiger charge is 2.36. The Hall–Kier alpha value is -1.55. The van der Waals surface area contributed by atoms with Crippen LogP contribution in [0.4, 0.5) is 0 Å². The summed E-state index contributed by atoms with van der Waals surface area (Å²) in [4.78, 5) is 27.0. The van der Waals surface area contributed by atoms with Crippen molar-refractivity contribution in [3.63, 3.8) is 0 Å². The summed E-state index contributed by atoms with van der Waals surface area (Å²) in [6.45, 7) is 2.50. The number of nitrogens with one attached hydrogen (secondary N) is 1. The van der Waals surface area contributed by atoms with Gasteiger partial charge in [-0.3, -0.25) is 9.59 Å². The number of halogens is 1. The van der Waals surface area contributed by atoms with E-state index in [0.29, 0.717) is 24.0 Å². The maximum Gasteiger partial charge on any atom is 0.225 e. The van der Waals surface area contributed by atoms with Crippen molar-refractivity contribution < 1.29 is 9.59 Å². The van der Waals surface area contributed by atoms with Crippen molar-refractivity contribution in [2.24, 2.45) is 5.92 Å². The van der Waals surface area contributed by atoms with Gasteiger partial charge in [0.1, 0.15) is 0 Å². The maximum atomic E-state index is 12.8. The highest BCUT2D eigenvalue weighted by Crippen LogP contribution is 2.35. The second kappa shape index (κ2) is 8.90. The maximum absolute atomic E-state index is 12.8. The van der Waals surface area contributed by atoms with E-state index in [0.717, 1.165) is 44.1 Å². The lowest BCUT2D eigenvalue weighted by atomic mass is 9.89. The van der Waals surface area contributed by atoms with Crippen molar-refractivity contribution in [3.8, 4) is 0 Å². The van der Waals surface area contributed by atoms with Crippen molar-refractivity contribution in [2.75, 3.05) is 6.54 Å². The molecule has 142 valence electrons. The lowest BCUT2D eigenvalue weighted by Crippen LogP contribution is -2.39. The molecule has 2 aliphatic rings. The Kier molecular flexibility index (Phi) is 6.58. The van der Waals surface area contributed by atoms with Crippen LogP contribution in [0.15, 0.2) is 24.3 Å². The Bertz CT molecular complexity index is 621. The third-order valence-electron chi connectivity index (χ3n) is 5.61. The van der Waals surface area contributed by atoms with E-state index < -0.39 is 0 Å². The van der Waals surface area contributed by atoms with Gasteiger partial charge >= 0.3 is 0 Å². The molecule has 0 aromatic heterocycles. The van der Waals surface area contributed by atoms with Crippen LogP contribution in [0.1, 0.15) is 69.9 Å². The topological polar surface area (TPSA) is 49.4 Å². The third-order valence-corrected chi connectivity index (χ3v) is 5.86. The number of hydrogen-bond donors (Lipinski definition) is 1. The van der Waals surface area contributed by atoms with E-state index in [1.165, 1.54) is 6.42 Å². The van der Waals surface area contributed by atoms with Crippen LogP contribution in [0, 0.1) is 5.92 Å². The number of carbonyl (C=O) groups is 2. The average Bonchev–Trinajstić information content (AvgIpc) is 3.48. The van der Waals surface area contributed by atoms with E-state index in [-0.39, 0.29) is 23.8 Å². The minimum atomic E-state index is 0.0290. The molecule has 2 aliphatic carbocycles. The molecule has 1 N–H and O–H groups in total. The van der Waals surface area contributed by atoms with Gasteiger partial charge in [0.15, 0.2) is 0 Å². The monoisotopic (exact) mass is 376 g/mol. The minimum absolute atomic E-state index is 0.0290. The largest absolute Gasteiger partial charge is 0.355 e. The Morgan fingerprint density at radius 2 is 1.77 bits per heavy atom. The summed E-state index contributed by atoms with van der Waals surface area (Å²) < 4.78 is 0. The molecule has 1 aromatic carbocycles. The number of rotatable bonds is 7. The SMILES string of the molecule is CC(c1ccc(Cl)cc1)N(C(=O)CCNC(=O)C1CCCCC1)C1CC1. The predicted molar refractivity (Wildman–Crippen MR) is 104 cm³/mol. The molecule has 1 unspecified atom stereocenters. The molecule has 3 rings (SSSR count). The van der Waals surface area contributed by atoms with E-state index >= 15 is 0 Å². The smallest absolute Gasteiger partial charge is 0.225 e. The van der Waals surface area contributed by atoms with E-state index in [1.54, 1.807) is 0 Å². The van der Waals surface area contributed by atoms with Gasteiger partial charge < -0.3 is 10.2 Å². The molecule has 26 heavy (non-hydrogen) atoms. The van der Waals surface area contributed by atoms with Crippen molar-refractivity contribution in [1.29, 1.82) is 0 Å². The summed E-state index contributed by atoms with van der Waals surface area (Å²) in [6, 6.07) is 8.07. The first-order valence-corrected chi connectivity index (χ1v) is 10.3.